The summed E-state index contributed by atoms with van der Waals surface area (Å²) in [7, 11) is 1.61. The Morgan fingerprint density at radius 1 is 1.12 bits per heavy atom. The normalized spacial score (nSPS) is 17.9. The van der Waals surface area contributed by atoms with E-state index in [1.165, 1.54) is 0 Å². The van der Waals surface area contributed by atoms with E-state index in [0.29, 0.717) is 23.8 Å². The van der Waals surface area contributed by atoms with Crippen molar-refractivity contribution in [3.05, 3.63) is 82.0 Å². The largest absolute Gasteiger partial charge is 0.497 e. The molecule has 0 bridgehead atoms. The van der Waals surface area contributed by atoms with Crippen LogP contribution in [0, 0.1) is 5.92 Å². The summed E-state index contributed by atoms with van der Waals surface area (Å²) < 4.78 is 5.30. The predicted octanol–water partition coefficient (Wildman–Crippen LogP) is 5.40. The second-order valence-corrected chi connectivity index (χ2v) is 9.19. The molecule has 1 N–H and O–H groups in total. The number of hydrogen-bond donors (Lipinski definition) is 1. The second-order valence-electron chi connectivity index (χ2n) is 8.41. The van der Waals surface area contributed by atoms with E-state index in [2.05, 4.69) is 19.2 Å². The molecule has 0 saturated heterocycles. The van der Waals surface area contributed by atoms with Gasteiger partial charge in [0.05, 0.1) is 19.1 Å². The summed E-state index contributed by atoms with van der Waals surface area (Å²) in [5, 5.41) is 7.14. The number of carbonyl (C=O) groups excluding carboxylic acids is 2. The van der Waals surface area contributed by atoms with Gasteiger partial charge in [-0.15, -0.1) is 0 Å². The van der Waals surface area contributed by atoms with Gasteiger partial charge in [0.25, 0.3) is 5.91 Å². The molecule has 32 heavy (non-hydrogen) atoms. The maximum Gasteiger partial charge on any atom is 0.259 e. The number of anilines is 1. The van der Waals surface area contributed by atoms with E-state index in [9.17, 15) is 9.59 Å². The predicted molar refractivity (Wildman–Crippen MR) is 129 cm³/mol. The first-order valence-corrected chi connectivity index (χ1v) is 11.8. The lowest BCUT2D eigenvalue weighted by Crippen LogP contribution is -2.47. The van der Waals surface area contributed by atoms with E-state index in [4.69, 9.17) is 4.74 Å². The average molecular weight is 449 g/mol. The highest BCUT2D eigenvalue weighted by Crippen LogP contribution is 2.45. The lowest BCUT2D eigenvalue weighted by Gasteiger charge is -2.41. The van der Waals surface area contributed by atoms with Gasteiger partial charge in [-0.1, -0.05) is 32.0 Å². The van der Waals surface area contributed by atoms with E-state index in [1.54, 1.807) is 23.3 Å². The number of thiophene rings is 1. The molecule has 0 radical (unpaired) electrons. The van der Waals surface area contributed by atoms with Gasteiger partial charge in [0.1, 0.15) is 5.75 Å². The molecule has 1 aromatic heterocycles. The van der Waals surface area contributed by atoms with Crippen molar-refractivity contribution in [2.24, 2.45) is 5.92 Å². The summed E-state index contributed by atoms with van der Waals surface area (Å²) in [6, 6.07) is 16.5. The molecule has 5 nitrogen and oxygen atoms in total. The third-order valence-electron chi connectivity index (χ3n) is 5.88. The molecule has 3 aromatic rings. The molecule has 2 heterocycles. The molecule has 166 valence electrons. The fraction of sp³-hybridized carbons (Fsp3) is 0.308. The van der Waals surface area contributed by atoms with Gasteiger partial charge >= 0.3 is 0 Å². The highest BCUT2D eigenvalue weighted by Gasteiger charge is 2.44. The topological polar surface area (TPSA) is 58.6 Å². The van der Waals surface area contributed by atoms with Crippen molar-refractivity contribution in [3.8, 4) is 5.75 Å². The fourth-order valence-corrected chi connectivity index (χ4v) is 4.91. The quantitative estimate of drug-likeness (QED) is 0.526. The summed E-state index contributed by atoms with van der Waals surface area (Å²) in [5.74, 6) is 0.550. The number of rotatable bonds is 7. The van der Waals surface area contributed by atoms with E-state index in [0.717, 1.165) is 23.2 Å². The third kappa shape index (κ3) is 4.28. The monoisotopic (exact) mass is 448 g/mol. The summed E-state index contributed by atoms with van der Waals surface area (Å²) in [5.41, 5.74) is 3.04. The Morgan fingerprint density at radius 3 is 2.53 bits per heavy atom. The van der Waals surface area contributed by atoms with E-state index < -0.39 is 12.0 Å². The van der Waals surface area contributed by atoms with Crippen LogP contribution in [-0.2, 0) is 4.79 Å². The first-order chi connectivity index (χ1) is 15.5. The van der Waals surface area contributed by atoms with Gasteiger partial charge in [-0.25, -0.2) is 0 Å². The highest BCUT2D eigenvalue weighted by atomic mass is 32.1. The molecule has 2 aromatic carbocycles. The van der Waals surface area contributed by atoms with Crippen molar-refractivity contribution in [2.75, 3.05) is 18.6 Å². The van der Waals surface area contributed by atoms with Crippen LogP contribution in [0.5, 0.6) is 5.75 Å². The summed E-state index contributed by atoms with van der Waals surface area (Å²) in [6.07, 6.45) is 0.907. The van der Waals surface area contributed by atoms with Gasteiger partial charge in [0.15, 0.2) is 0 Å². The van der Waals surface area contributed by atoms with Crippen LogP contribution in [-0.4, -0.2) is 25.5 Å². The number of ether oxygens (including phenoxy) is 1. The number of nitrogens with zero attached hydrogens (tertiary/aromatic N) is 1. The maximum absolute atomic E-state index is 13.7. The minimum Gasteiger partial charge on any atom is -0.497 e. The fourth-order valence-electron chi connectivity index (χ4n) is 4.22. The summed E-state index contributed by atoms with van der Waals surface area (Å²) in [4.78, 5) is 29.0. The zero-order valence-electron chi connectivity index (χ0n) is 18.6. The number of fused-ring (bicyclic) bond motifs is 1. The number of hydrogen-bond acceptors (Lipinski definition) is 4. The molecule has 1 aliphatic heterocycles. The van der Waals surface area contributed by atoms with Gasteiger partial charge in [-0.05, 0) is 70.6 Å². The molecular weight excluding hydrogens is 420 g/mol. The van der Waals surface area contributed by atoms with Crippen LogP contribution in [0.1, 0.15) is 53.7 Å². The minimum atomic E-state index is -0.507. The van der Waals surface area contributed by atoms with Gasteiger partial charge in [-0.2, -0.15) is 11.3 Å². The Hall–Kier alpha value is -3.12. The van der Waals surface area contributed by atoms with Crippen LogP contribution in [0.4, 0.5) is 5.69 Å². The summed E-state index contributed by atoms with van der Waals surface area (Å²) >= 11 is 1.56. The van der Waals surface area contributed by atoms with Crippen molar-refractivity contribution >= 4 is 28.8 Å². The lowest BCUT2D eigenvalue weighted by molar-refractivity contribution is -0.123. The van der Waals surface area contributed by atoms with Gasteiger partial charge in [0, 0.05) is 17.8 Å². The van der Waals surface area contributed by atoms with Crippen molar-refractivity contribution in [2.45, 2.75) is 32.2 Å². The first-order valence-electron chi connectivity index (χ1n) is 10.9. The van der Waals surface area contributed by atoms with Gasteiger partial charge < -0.3 is 10.1 Å². The van der Waals surface area contributed by atoms with Crippen LogP contribution in [0.3, 0.4) is 0 Å². The molecule has 0 aliphatic carbocycles. The van der Waals surface area contributed by atoms with E-state index in [-0.39, 0.29) is 11.8 Å². The second kappa shape index (κ2) is 9.57. The molecule has 4 rings (SSSR count). The van der Waals surface area contributed by atoms with Gasteiger partial charge in [0.2, 0.25) is 5.91 Å². The number of benzene rings is 2. The molecule has 6 heteroatoms. The molecule has 0 spiro atoms. The summed E-state index contributed by atoms with van der Waals surface area (Å²) in [6.45, 7) is 4.89. The van der Waals surface area contributed by atoms with Crippen LogP contribution in [0.15, 0.2) is 65.4 Å². The molecule has 0 saturated carbocycles. The Bertz CT molecular complexity index is 1080. The van der Waals surface area contributed by atoms with Gasteiger partial charge in [-0.3, -0.25) is 14.5 Å². The molecule has 0 unspecified atom stereocenters. The number of carbonyl (C=O) groups is 2. The maximum atomic E-state index is 13.7. The van der Waals surface area contributed by atoms with Crippen LogP contribution in [0.2, 0.25) is 0 Å². The van der Waals surface area contributed by atoms with Crippen molar-refractivity contribution in [3.63, 3.8) is 0 Å². The lowest BCUT2D eigenvalue weighted by atomic mass is 9.79. The third-order valence-corrected chi connectivity index (χ3v) is 6.58. The number of amides is 2. The molecule has 2 amide bonds. The zero-order chi connectivity index (χ0) is 22.7. The SMILES string of the molecule is COc1ccc(N2C(=O)c3ccccc3[C@@H](C(=O)NCCC(C)C)[C@@H]2c2ccsc2)cc1. The molecular formula is C26H28N2O3S. The Balaban J connectivity index is 1.82. The number of methoxy groups -OCH3 is 1. The van der Waals surface area contributed by atoms with Crippen LogP contribution >= 0.6 is 11.3 Å². The van der Waals surface area contributed by atoms with E-state index in [1.807, 2.05) is 65.4 Å². The zero-order valence-corrected chi connectivity index (χ0v) is 19.4. The molecule has 0 fully saturated rings. The Kier molecular flexibility index (Phi) is 6.61. The van der Waals surface area contributed by atoms with Crippen LogP contribution < -0.4 is 15.0 Å². The molecule has 2 atom stereocenters. The van der Waals surface area contributed by atoms with Crippen molar-refractivity contribution in [1.82, 2.24) is 5.32 Å². The standard InChI is InChI=1S/C26H28N2O3S/c1-17(2)12-14-27-25(29)23-21-6-4-5-7-22(21)26(30)28(24(23)18-13-15-32-16-18)19-8-10-20(31-3)11-9-19/h4-11,13,15-17,23-24H,12,14H2,1-3H3,(H,27,29)/t23-,24+/m1/s1. The van der Waals surface area contributed by atoms with Crippen LogP contribution in [0.25, 0.3) is 0 Å². The Morgan fingerprint density at radius 2 is 1.88 bits per heavy atom. The molecule has 1 aliphatic rings. The van der Waals surface area contributed by atoms with Crippen molar-refractivity contribution < 1.29 is 14.3 Å². The smallest absolute Gasteiger partial charge is 0.259 e. The Labute approximate surface area is 193 Å². The number of nitrogens with one attached hydrogen (secondary N) is 1. The first kappa shape index (κ1) is 22.1. The minimum absolute atomic E-state index is 0.0553. The highest BCUT2D eigenvalue weighted by molar-refractivity contribution is 7.08. The van der Waals surface area contributed by atoms with E-state index >= 15 is 0 Å². The average Bonchev–Trinajstić information content (AvgIpc) is 3.33. The van der Waals surface area contributed by atoms with Crippen molar-refractivity contribution in [1.29, 1.82) is 0 Å².